The minimum Gasteiger partial charge on any atom is -0.511 e. The molecule has 222 valence electrons. The second-order valence-electron chi connectivity index (χ2n) is 12.4. The smallest absolute Gasteiger partial charge is 0.349 e. The summed E-state index contributed by atoms with van der Waals surface area (Å²) in [5.74, 6) is -0.188. The lowest BCUT2D eigenvalue weighted by molar-refractivity contribution is -0.164. The molecule has 0 aromatic heterocycles. The molecule has 1 atom stereocenters. The molecule has 0 bridgehead atoms. The Balaban J connectivity index is 1.58. The summed E-state index contributed by atoms with van der Waals surface area (Å²) in [6.07, 6.45) is 1.50. The molecule has 1 fully saturated rings. The Morgan fingerprint density at radius 2 is 1.83 bits per heavy atom. The van der Waals surface area contributed by atoms with Crippen molar-refractivity contribution in [2.75, 3.05) is 31.5 Å². The molecular weight excluding hydrogens is 555 g/mol. The van der Waals surface area contributed by atoms with Crippen LogP contribution in [0.1, 0.15) is 64.2 Å². The van der Waals surface area contributed by atoms with E-state index in [0.717, 1.165) is 53.5 Å². The number of aliphatic hydroxyl groups is 1. The molecule has 1 unspecified atom stereocenters. The fourth-order valence-electron chi connectivity index (χ4n) is 5.28. The van der Waals surface area contributed by atoms with Crippen LogP contribution in [0, 0.1) is 12.8 Å². The van der Waals surface area contributed by atoms with Gasteiger partial charge in [0.25, 0.3) is 0 Å². The van der Waals surface area contributed by atoms with Crippen molar-refractivity contribution in [1.82, 2.24) is 10.2 Å². The number of nitrogens with zero attached hydrogens (tertiary/aromatic N) is 1. The molecule has 2 aliphatic heterocycles. The number of phenolic OH excluding ortho intramolecular Hbond substituents is 1. The number of nitrogens with one attached hydrogen (secondary N) is 2. The quantitative estimate of drug-likeness (QED) is 0.213. The molecule has 2 aromatic rings. The highest BCUT2D eigenvalue weighted by atomic mass is 32.2. The van der Waals surface area contributed by atoms with Crippen molar-refractivity contribution in [3.8, 4) is 5.75 Å². The first kappa shape index (κ1) is 31.2. The first-order chi connectivity index (χ1) is 19.3. The van der Waals surface area contributed by atoms with Crippen LogP contribution in [0.5, 0.6) is 5.75 Å². The van der Waals surface area contributed by atoms with Gasteiger partial charge in [-0.05, 0) is 84.3 Å². The van der Waals surface area contributed by atoms with Crippen LogP contribution in [0.4, 0.5) is 5.69 Å². The number of carbonyl (C=O) groups is 1. The summed E-state index contributed by atoms with van der Waals surface area (Å²) in [5, 5.41) is 28.4. The van der Waals surface area contributed by atoms with Crippen molar-refractivity contribution in [3.63, 3.8) is 0 Å². The Hall–Kier alpha value is -2.75. The summed E-state index contributed by atoms with van der Waals surface area (Å²) in [7, 11) is 0. The second-order valence-corrected chi connectivity index (χ2v) is 13.8. The lowest BCUT2D eigenvalue weighted by Crippen LogP contribution is -2.48. The number of aliphatic hydroxyl groups excluding tert-OH is 1. The van der Waals surface area contributed by atoms with E-state index in [1.165, 1.54) is 11.8 Å². The highest BCUT2D eigenvalue weighted by Crippen LogP contribution is 2.46. The number of hydrogen-bond donors (Lipinski definition) is 4. The van der Waals surface area contributed by atoms with Gasteiger partial charge >= 0.3 is 5.97 Å². The van der Waals surface area contributed by atoms with Gasteiger partial charge in [0, 0.05) is 43.2 Å². The summed E-state index contributed by atoms with van der Waals surface area (Å²) in [5.41, 5.74) is 3.02. The van der Waals surface area contributed by atoms with E-state index in [0.29, 0.717) is 18.0 Å². The lowest BCUT2D eigenvalue weighted by atomic mass is 9.80. The van der Waals surface area contributed by atoms with Crippen LogP contribution in [0.15, 0.2) is 52.0 Å². The van der Waals surface area contributed by atoms with Crippen LogP contribution in [0.3, 0.4) is 0 Å². The molecule has 9 heteroatoms. The molecule has 2 aliphatic rings. The largest absolute Gasteiger partial charge is 0.511 e. The van der Waals surface area contributed by atoms with Gasteiger partial charge in [0.1, 0.15) is 22.0 Å². The summed E-state index contributed by atoms with van der Waals surface area (Å²) >= 11 is 7.00. The van der Waals surface area contributed by atoms with E-state index < -0.39 is 11.6 Å². The molecule has 2 aromatic carbocycles. The number of phenols is 1. The molecule has 0 spiro atoms. The van der Waals surface area contributed by atoms with Crippen LogP contribution in [-0.4, -0.2) is 58.0 Å². The normalized spacial score (nSPS) is 19.9. The summed E-state index contributed by atoms with van der Waals surface area (Å²) in [6.45, 7) is 16.0. The molecule has 0 saturated carbocycles. The van der Waals surface area contributed by atoms with Crippen LogP contribution in [0.25, 0.3) is 0 Å². The van der Waals surface area contributed by atoms with Crippen LogP contribution in [-0.2, 0) is 21.4 Å². The Morgan fingerprint density at radius 1 is 1.17 bits per heavy atom. The number of ether oxygens (including phenoxy) is 1. The summed E-state index contributed by atoms with van der Waals surface area (Å²) in [4.78, 5) is 16.8. The number of aromatic hydroxyl groups is 1. The number of thiocarbonyl (C=S) groups is 1. The Bertz CT molecular complexity index is 1310. The number of esters is 1. The van der Waals surface area contributed by atoms with E-state index in [2.05, 4.69) is 48.4 Å². The summed E-state index contributed by atoms with van der Waals surface area (Å²) < 4.78 is 6.17. The third-order valence-corrected chi connectivity index (χ3v) is 9.55. The standard InChI is InChI=1S/C32H43N3O4S2/c1-20(2)32(12-11-22-7-9-23(36)10-8-22)19-26(37)28(29(38)39-32)41-27-17-21(3)25(18-24(27)31(4,5)6)34-30(40)35-15-13-33-14-16-35/h7-10,17-18,20,33,36-37H,11-16,19H2,1-6H3,(H,34,40). The molecule has 1 saturated heterocycles. The first-order valence-electron chi connectivity index (χ1n) is 14.3. The number of aryl methyl sites for hydroxylation is 2. The monoisotopic (exact) mass is 597 g/mol. The molecule has 4 rings (SSSR count). The van der Waals surface area contributed by atoms with Gasteiger partial charge in [0.2, 0.25) is 0 Å². The topological polar surface area (TPSA) is 94.1 Å². The lowest BCUT2D eigenvalue weighted by Gasteiger charge is -2.40. The number of rotatable bonds is 7. The Morgan fingerprint density at radius 3 is 2.41 bits per heavy atom. The number of anilines is 1. The average molecular weight is 598 g/mol. The molecule has 0 radical (unpaired) electrons. The molecule has 4 N–H and O–H groups in total. The van der Waals surface area contributed by atoms with Gasteiger partial charge in [-0.15, -0.1) is 0 Å². The molecule has 0 amide bonds. The predicted octanol–water partition coefficient (Wildman–Crippen LogP) is 6.44. The van der Waals surface area contributed by atoms with Gasteiger partial charge in [-0.25, -0.2) is 4.79 Å². The Labute approximate surface area is 253 Å². The van der Waals surface area contributed by atoms with Crippen molar-refractivity contribution in [2.45, 2.75) is 76.7 Å². The third-order valence-electron chi connectivity index (χ3n) is 8.03. The van der Waals surface area contributed by atoms with Gasteiger partial charge in [0.05, 0.1) is 0 Å². The highest BCUT2D eigenvalue weighted by molar-refractivity contribution is 8.04. The average Bonchev–Trinajstić information content (AvgIpc) is 2.91. The van der Waals surface area contributed by atoms with E-state index in [1.54, 1.807) is 12.1 Å². The van der Waals surface area contributed by atoms with Crippen LogP contribution < -0.4 is 10.6 Å². The molecule has 7 nitrogen and oxygen atoms in total. The maximum absolute atomic E-state index is 13.5. The van der Waals surface area contributed by atoms with E-state index in [4.69, 9.17) is 17.0 Å². The number of carbonyl (C=O) groups excluding carboxylic acids is 1. The number of hydrogen-bond acceptors (Lipinski definition) is 7. The predicted molar refractivity (Wildman–Crippen MR) is 171 cm³/mol. The van der Waals surface area contributed by atoms with Gasteiger partial charge in [-0.3, -0.25) is 0 Å². The van der Waals surface area contributed by atoms with Crippen molar-refractivity contribution in [2.24, 2.45) is 5.92 Å². The number of cyclic esters (lactones) is 1. The van der Waals surface area contributed by atoms with E-state index in [9.17, 15) is 15.0 Å². The van der Waals surface area contributed by atoms with Crippen LogP contribution >= 0.6 is 24.0 Å². The van der Waals surface area contributed by atoms with E-state index in [1.807, 2.05) is 32.9 Å². The van der Waals surface area contributed by atoms with E-state index in [-0.39, 0.29) is 34.2 Å². The zero-order valence-electron chi connectivity index (χ0n) is 25.0. The van der Waals surface area contributed by atoms with Gasteiger partial charge in [-0.1, -0.05) is 58.5 Å². The van der Waals surface area contributed by atoms with Crippen LogP contribution in [0.2, 0.25) is 0 Å². The molecule has 41 heavy (non-hydrogen) atoms. The number of thioether (sulfide) groups is 1. The van der Waals surface area contributed by atoms with Gasteiger partial charge in [0.15, 0.2) is 5.11 Å². The van der Waals surface area contributed by atoms with Gasteiger partial charge < -0.3 is 30.5 Å². The molecular formula is C32H43N3O4S2. The molecule has 0 aliphatic carbocycles. The zero-order valence-corrected chi connectivity index (χ0v) is 26.6. The fraction of sp³-hybridized carbons (Fsp3) is 0.500. The Kier molecular flexibility index (Phi) is 9.61. The number of piperazine rings is 1. The maximum Gasteiger partial charge on any atom is 0.349 e. The van der Waals surface area contributed by atoms with Crippen molar-refractivity contribution < 1.29 is 19.7 Å². The van der Waals surface area contributed by atoms with Crippen molar-refractivity contribution in [3.05, 3.63) is 63.8 Å². The van der Waals surface area contributed by atoms with Crippen molar-refractivity contribution in [1.29, 1.82) is 0 Å². The zero-order chi connectivity index (χ0) is 29.9. The summed E-state index contributed by atoms with van der Waals surface area (Å²) in [6, 6.07) is 11.2. The maximum atomic E-state index is 13.5. The first-order valence-corrected chi connectivity index (χ1v) is 15.5. The van der Waals surface area contributed by atoms with Gasteiger partial charge in [-0.2, -0.15) is 0 Å². The fourth-order valence-corrected chi connectivity index (χ4v) is 6.81. The highest BCUT2D eigenvalue weighted by Gasteiger charge is 2.44. The third kappa shape index (κ3) is 7.37. The number of benzene rings is 2. The van der Waals surface area contributed by atoms with E-state index >= 15 is 0 Å². The minimum absolute atomic E-state index is 0.00882. The SMILES string of the molecule is Cc1cc(SC2=C(O)CC(CCc3ccc(O)cc3)(C(C)C)OC2=O)c(C(C)(C)C)cc1NC(=S)N1CCNCC1. The second kappa shape index (κ2) is 12.6. The minimum atomic E-state index is -0.806. The molecule has 2 heterocycles. The van der Waals surface area contributed by atoms with Crippen molar-refractivity contribution >= 4 is 40.7 Å².